The number of nitrogen functional groups attached to an aromatic ring is 1. The number of anilines is 3. The number of nitrogens with zero attached hydrogens (tertiary/aromatic N) is 4. The number of nitrogens with two attached hydrogens (primary N) is 1. The third kappa shape index (κ3) is 2.90. The Hall–Kier alpha value is -2.74. The molecule has 1 saturated heterocycles. The molecule has 1 aromatic carbocycles. The molecular formula is C16H17N5. The highest BCUT2D eigenvalue weighted by atomic mass is 15.3. The van der Waals surface area contributed by atoms with Gasteiger partial charge in [-0.1, -0.05) is 6.07 Å². The van der Waals surface area contributed by atoms with Crippen molar-refractivity contribution in [3.8, 4) is 6.07 Å². The van der Waals surface area contributed by atoms with E-state index in [1.165, 1.54) is 5.69 Å². The van der Waals surface area contributed by atoms with E-state index in [2.05, 4.69) is 33.0 Å². The van der Waals surface area contributed by atoms with E-state index >= 15 is 0 Å². The van der Waals surface area contributed by atoms with Gasteiger partial charge >= 0.3 is 0 Å². The van der Waals surface area contributed by atoms with Crippen LogP contribution in [0, 0.1) is 11.3 Å². The normalized spacial score (nSPS) is 14.8. The first kappa shape index (κ1) is 13.3. The molecule has 0 radical (unpaired) electrons. The molecule has 1 fully saturated rings. The summed E-state index contributed by atoms with van der Waals surface area (Å²) in [4.78, 5) is 8.91. The van der Waals surface area contributed by atoms with Gasteiger partial charge in [0, 0.05) is 37.6 Å². The minimum atomic E-state index is 0.466. The first-order valence-corrected chi connectivity index (χ1v) is 6.99. The summed E-state index contributed by atoms with van der Waals surface area (Å²) < 4.78 is 0. The molecule has 0 atom stereocenters. The molecule has 21 heavy (non-hydrogen) atoms. The third-order valence-electron chi connectivity index (χ3n) is 3.71. The van der Waals surface area contributed by atoms with E-state index in [-0.39, 0.29) is 0 Å². The summed E-state index contributed by atoms with van der Waals surface area (Å²) in [6.07, 6.45) is 0. The van der Waals surface area contributed by atoms with E-state index in [1.54, 1.807) is 6.07 Å². The van der Waals surface area contributed by atoms with Crippen molar-refractivity contribution in [2.24, 2.45) is 0 Å². The standard InChI is InChI=1S/C16H17N5/c17-12-14-2-1-3-16(19-14)21-10-8-20(9-11-21)15-6-4-13(18)5-7-15/h1-7H,8-11,18H2. The van der Waals surface area contributed by atoms with Gasteiger partial charge in [0.15, 0.2) is 0 Å². The van der Waals surface area contributed by atoms with Crippen molar-refractivity contribution in [3.05, 3.63) is 48.2 Å². The van der Waals surface area contributed by atoms with E-state index in [0.717, 1.165) is 37.7 Å². The molecule has 2 aromatic rings. The van der Waals surface area contributed by atoms with Crippen LogP contribution in [0.5, 0.6) is 0 Å². The van der Waals surface area contributed by atoms with Crippen LogP contribution in [-0.4, -0.2) is 31.2 Å². The van der Waals surface area contributed by atoms with Crippen LogP contribution in [0.1, 0.15) is 5.69 Å². The molecule has 1 aliphatic rings. The molecule has 2 N–H and O–H groups in total. The van der Waals surface area contributed by atoms with Crippen LogP contribution >= 0.6 is 0 Å². The van der Waals surface area contributed by atoms with Crippen molar-refractivity contribution in [3.63, 3.8) is 0 Å². The summed E-state index contributed by atoms with van der Waals surface area (Å²) in [5.41, 5.74) is 8.17. The zero-order chi connectivity index (χ0) is 14.7. The fraction of sp³-hybridized carbons (Fsp3) is 0.250. The van der Waals surface area contributed by atoms with Gasteiger partial charge in [0.05, 0.1) is 0 Å². The zero-order valence-corrected chi connectivity index (χ0v) is 11.7. The van der Waals surface area contributed by atoms with E-state index in [4.69, 9.17) is 11.0 Å². The smallest absolute Gasteiger partial charge is 0.142 e. The Bertz CT molecular complexity index is 651. The lowest BCUT2D eigenvalue weighted by Crippen LogP contribution is -2.46. The molecule has 1 aliphatic heterocycles. The second kappa shape index (κ2) is 5.71. The summed E-state index contributed by atoms with van der Waals surface area (Å²) in [5.74, 6) is 0.881. The van der Waals surface area contributed by atoms with E-state index < -0.39 is 0 Å². The topological polar surface area (TPSA) is 69.2 Å². The van der Waals surface area contributed by atoms with Gasteiger partial charge < -0.3 is 15.5 Å². The monoisotopic (exact) mass is 279 g/mol. The molecule has 2 heterocycles. The Morgan fingerprint density at radius 2 is 1.62 bits per heavy atom. The molecule has 0 unspecified atom stereocenters. The van der Waals surface area contributed by atoms with Crippen molar-refractivity contribution in [1.29, 1.82) is 5.26 Å². The molecular weight excluding hydrogens is 262 g/mol. The molecule has 0 saturated carbocycles. The second-order valence-electron chi connectivity index (χ2n) is 5.06. The number of piperazine rings is 1. The summed E-state index contributed by atoms with van der Waals surface area (Å²) in [7, 11) is 0. The Labute approximate surface area is 124 Å². The number of rotatable bonds is 2. The second-order valence-corrected chi connectivity index (χ2v) is 5.06. The van der Waals surface area contributed by atoms with Crippen LogP contribution in [0.2, 0.25) is 0 Å². The summed E-state index contributed by atoms with van der Waals surface area (Å²) in [6, 6.07) is 15.6. The van der Waals surface area contributed by atoms with Gasteiger partial charge in [-0.05, 0) is 36.4 Å². The molecule has 106 valence electrons. The summed E-state index contributed by atoms with van der Waals surface area (Å²) in [5, 5.41) is 8.92. The highest BCUT2D eigenvalue weighted by molar-refractivity contribution is 5.54. The Balaban J connectivity index is 1.67. The van der Waals surface area contributed by atoms with Crippen LogP contribution in [0.3, 0.4) is 0 Å². The Morgan fingerprint density at radius 3 is 2.29 bits per heavy atom. The maximum atomic E-state index is 8.92. The molecule has 5 heteroatoms. The number of aromatic nitrogens is 1. The minimum Gasteiger partial charge on any atom is -0.399 e. The number of hydrogen-bond acceptors (Lipinski definition) is 5. The largest absolute Gasteiger partial charge is 0.399 e. The zero-order valence-electron chi connectivity index (χ0n) is 11.7. The highest BCUT2D eigenvalue weighted by Gasteiger charge is 2.18. The molecule has 0 amide bonds. The molecule has 5 nitrogen and oxygen atoms in total. The van der Waals surface area contributed by atoms with Crippen LogP contribution in [0.15, 0.2) is 42.5 Å². The van der Waals surface area contributed by atoms with Gasteiger partial charge in [-0.2, -0.15) is 5.26 Å². The van der Waals surface area contributed by atoms with E-state index in [0.29, 0.717) is 5.69 Å². The Morgan fingerprint density at radius 1 is 0.952 bits per heavy atom. The van der Waals surface area contributed by atoms with Crippen LogP contribution in [0.25, 0.3) is 0 Å². The van der Waals surface area contributed by atoms with E-state index in [1.807, 2.05) is 24.3 Å². The number of benzene rings is 1. The molecule has 0 bridgehead atoms. The van der Waals surface area contributed by atoms with Gasteiger partial charge in [0.1, 0.15) is 17.6 Å². The molecule has 0 spiro atoms. The average molecular weight is 279 g/mol. The van der Waals surface area contributed by atoms with Crippen molar-refractivity contribution in [2.45, 2.75) is 0 Å². The lowest BCUT2D eigenvalue weighted by molar-refractivity contribution is 0.647. The SMILES string of the molecule is N#Cc1cccc(N2CCN(c3ccc(N)cc3)CC2)n1. The number of nitriles is 1. The van der Waals surface area contributed by atoms with Crippen LogP contribution in [0.4, 0.5) is 17.2 Å². The van der Waals surface area contributed by atoms with Crippen molar-refractivity contribution >= 4 is 17.2 Å². The molecule has 3 rings (SSSR count). The predicted octanol–water partition coefficient (Wildman–Crippen LogP) is 1.86. The van der Waals surface area contributed by atoms with E-state index in [9.17, 15) is 0 Å². The summed E-state index contributed by atoms with van der Waals surface area (Å²) >= 11 is 0. The quantitative estimate of drug-likeness (QED) is 0.850. The molecule has 1 aromatic heterocycles. The Kier molecular flexibility index (Phi) is 3.61. The van der Waals surface area contributed by atoms with Gasteiger partial charge in [0.2, 0.25) is 0 Å². The van der Waals surface area contributed by atoms with Crippen LogP contribution < -0.4 is 15.5 Å². The lowest BCUT2D eigenvalue weighted by Gasteiger charge is -2.36. The average Bonchev–Trinajstić information content (AvgIpc) is 2.56. The first-order valence-electron chi connectivity index (χ1n) is 6.99. The highest BCUT2D eigenvalue weighted by Crippen LogP contribution is 2.20. The van der Waals surface area contributed by atoms with Gasteiger partial charge in [-0.15, -0.1) is 0 Å². The maximum Gasteiger partial charge on any atom is 0.142 e. The van der Waals surface area contributed by atoms with Gasteiger partial charge in [-0.3, -0.25) is 0 Å². The maximum absolute atomic E-state index is 8.92. The third-order valence-corrected chi connectivity index (χ3v) is 3.71. The van der Waals surface area contributed by atoms with Crippen molar-refractivity contribution in [2.75, 3.05) is 41.7 Å². The predicted molar refractivity (Wildman–Crippen MR) is 84.2 cm³/mol. The number of pyridine rings is 1. The van der Waals surface area contributed by atoms with Gasteiger partial charge in [-0.25, -0.2) is 4.98 Å². The van der Waals surface area contributed by atoms with Crippen LogP contribution in [-0.2, 0) is 0 Å². The molecule has 0 aliphatic carbocycles. The fourth-order valence-corrected chi connectivity index (χ4v) is 2.54. The first-order chi connectivity index (χ1) is 10.3. The van der Waals surface area contributed by atoms with Gasteiger partial charge in [0.25, 0.3) is 0 Å². The fourth-order valence-electron chi connectivity index (χ4n) is 2.54. The van der Waals surface area contributed by atoms with Crippen molar-refractivity contribution in [1.82, 2.24) is 4.98 Å². The van der Waals surface area contributed by atoms with Crippen molar-refractivity contribution < 1.29 is 0 Å². The number of hydrogen-bond donors (Lipinski definition) is 1. The summed E-state index contributed by atoms with van der Waals surface area (Å²) in [6.45, 7) is 3.66. The lowest BCUT2D eigenvalue weighted by atomic mass is 10.2. The minimum absolute atomic E-state index is 0.466.